The van der Waals surface area contributed by atoms with E-state index in [4.69, 9.17) is 34.5 Å². The number of guanidine groups is 1. The van der Waals surface area contributed by atoms with E-state index in [1.807, 2.05) is 29.2 Å². The molecule has 0 saturated heterocycles. The minimum atomic E-state index is -3.64. The molecule has 0 bridgehead atoms. The van der Waals surface area contributed by atoms with Crippen molar-refractivity contribution in [1.82, 2.24) is 9.88 Å². The fraction of sp³-hybridized carbons (Fsp3) is 0.259. The third kappa shape index (κ3) is 6.01. The summed E-state index contributed by atoms with van der Waals surface area (Å²) in [6.07, 6.45) is 5.33. The van der Waals surface area contributed by atoms with E-state index >= 15 is 0 Å². The third-order valence-electron chi connectivity index (χ3n) is 6.02. The molecular formula is C27H29N5O6S. The van der Waals surface area contributed by atoms with E-state index < -0.39 is 21.6 Å². The van der Waals surface area contributed by atoms with Crippen molar-refractivity contribution in [3.05, 3.63) is 78.1 Å². The zero-order valence-corrected chi connectivity index (χ0v) is 22.6. The maximum absolute atomic E-state index is 11.6. The Kier molecular flexibility index (Phi) is 7.86. The van der Waals surface area contributed by atoms with Crippen LogP contribution in [0.25, 0.3) is 11.1 Å². The van der Waals surface area contributed by atoms with Crippen LogP contribution in [0, 0.1) is 0 Å². The van der Waals surface area contributed by atoms with Crippen LogP contribution in [0.4, 0.5) is 0 Å². The van der Waals surface area contributed by atoms with Gasteiger partial charge in [-0.3, -0.25) is 19.7 Å². The average molecular weight is 552 g/mol. The lowest BCUT2D eigenvalue weighted by Gasteiger charge is -2.33. The highest BCUT2D eigenvalue weighted by Crippen LogP contribution is 2.43. The summed E-state index contributed by atoms with van der Waals surface area (Å²) >= 11 is 0. The molecule has 1 aromatic heterocycles. The van der Waals surface area contributed by atoms with Crippen molar-refractivity contribution >= 4 is 27.9 Å². The van der Waals surface area contributed by atoms with Crippen molar-refractivity contribution in [2.24, 2.45) is 15.7 Å². The average Bonchev–Trinajstić information content (AvgIpc) is 3.21. The lowest BCUT2D eigenvalue weighted by atomic mass is 9.81. The number of carbonyl (C=O) groups is 1. The quantitative estimate of drug-likeness (QED) is 0.440. The number of nitrogens with two attached hydrogens (primary N) is 1. The van der Waals surface area contributed by atoms with Gasteiger partial charge in [-0.15, -0.1) is 0 Å². The number of benzene rings is 2. The molecule has 0 amide bonds. The number of nitrogens with zero attached hydrogens (tertiary/aromatic N) is 4. The normalized spacial score (nSPS) is 18.2. The van der Waals surface area contributed by atoms with E-state index in [0.717, 1.165) is 54.2 Å². The number of amidine groups is 1. The Hall–Kier alpha value is -4.45. The number of aliphatic carboxylic acids is 1. The zero-order valence-electron chi connectivity index (χ0n) is 21.7. The van der Waals surface area contributed by atoms with E-state index in [1.54, 1.807) is 43.8 Å². The maximum Gasteiger partial charge on any atom is 0.306 e. The number of hydrogen-bond donors (Lipinski definition) is 2. The smallest absolute Gasteiger partial charge is 0.306 e. The number of methoxy groups -OCH3 is 1. The second kappa shape index (κ2) is 11.1. The topological polar surface area (TPSA) is 157 Å². The summed E-state index contributed by atoms with van der Waals surface area (Å²) in [5.41, 5.74) is 8.92. The molecule has 0 aliphatic carbocycles. The predicted octanol–water partition coefficient (Wildman–Crippen LogP) is 2.86. The van der Waals surface area contributed by atoms with E-state index in [-0.39, 0.29) is 5.75 Å². The highest BCUT2D eigenvalue weighted by Gasteiger charge is 2.49. The van der Waals surface area contributed by atoms with Crippen molar-refractivity contribution in [3.8, 4) is 22.6 Å². The SMILES string of the molecule is CC(=O)O.COc1cncc(-c2cccc(C3(c4ccc(OS(C)(=O)=O)cc4)N=C(N)N4CCCN=C43)c2)c1. The molecule has 0 fully saturated rings. The van der Waals surface area contributed by atoms with E-state index in [9.17, 15) is 8.42 Å². The van der Waals surface area contributed by atoms with Crippen LogP contribution in [0.1, 0.15) is 24.5 Å². The van der Waals surface area contributed by atoms with Gasteiger partial charge in [0.1, 0.15) is 17.3 Å². The van der Waals surface area contributed by atoms with Gasteiger partial charge in [0.05, 0.1) is 19.6 Å². The first-order valence-electron chi connectivity index (χ1n) is 12.0. The monoisotopic (exact) mass is 551 g/mol. The highest BCUT2D eigenvalue weighted by molar-refractivity contribution is 7.86. The number of ether oxygens (including phenoxy) is 1. The fourth-order valence-corrected chi connectivity index (χ4v) is 4.97. The van der Waals surface area contributed by atoms with E-state index in [1.165, 1.54) is 0 Å². The van der Waals surface area contributed by atoms with Gasteiger partial charge in [-0.1, -0.05) is 30.3 Å². The van der Waals surface area contributed by atoms with Crippen molar-refractivity contribution in [2.75, 3.05) is 26.5 Å². The molecule has 0 radical (unpaired) electrons. The number of hydrogen-bond acceptors (Lipinski definition) is 10. The molecule has 2 aromatic carbocycles. The molecule has 3 heterocycles. The number of fused-ring (bicyclic) bond motifs is 1. The zero-order chi connectivity index (χ0) is 28.2. The van der Waals surface area contributed by atoms with Crippen LogP contribution in [0.15, 0.2) is 77.0 Å². The number of aliphatic imine (C=N–C) groups is 2. The second-order valence-corrected chi connectivity index (χ2v) is 10.5. The van der Waals surface area contributed by atoms with Crippen LogP contribution in [0.2, 0.25) is 0 Å². The van der Waals surface area contributed by atoms with Crippen LogP contribution in [-0.4, -0.2) is 67.6 Å². The molecule has 1 atom stereocenters. The van der Waals surface area contributed by atoms with Crippen molar-refractivity contribution in [3.63, 3.8) is 0 Å². The van der Waals surface area contributed by atoms with Gasteiger partial charge < -0.3 is 19.8 Å². The maximum atomic E-state index is 11.6. The molecule has 1 unspecified atom stereocenters. The minimum absolute atomic E-state index is 0.222. The standard InChI is InChI=1S/C25H25N5O4S.C2H4O2/c1-33-22-14-18(15-27-16-22)17-5-3-6-20(13-17)25(23-28-11-4-12-30(23)24(26)29-25)19-7-9-21(10-8-19)34-35(2,31)32;1-2(3)4/h3,5-10,13-16H,4,11-12H2,1-2H3,(H2,26,29);1H3,(H,3,4). The van der Waals surface area contributed by atoms with Crippen LogP contribution in [-0.2, 0) is 20.5 Å². The number of carboxylic acid groups (broad SMARTS) is 1. The molecule has 39 heavy (non-hydrogen) atoms. The van der Waals surface area contributed by atoms with Gasteiger partial charge in [0, 0.05) is 31.8 Å². The second-order valence-electron chi connectivity index (χ2n) is 8.92. The Morgan fingerprint density at radius 1 is 1.05 bits per heavy atom. The van der Waals surface area contributed by atoms with Crippen LogP contribution >= 0.6 is 0 Å². The molecular weight excluding hydrogens is 522 g/mol. The largest absolute Gasteiger partial charge is 0.495 e. The summed E-state index contributed by atoms with van der Waals surface area (Å²) in [6, 6.07) is 16.8. The molecule has 5 rings (SSSR count). The molecule has 3 N–H and O–H groups in total. The Balaban J connectivity index is 0.000000826. The molecule has 0 saturated carbocycles. The lowest BCUT2D eigenvalue weighted by molar-refractivity contribution is -0.134. The van der Waals surface area contributed by atoms with Gasteiger partial charge in [-0.2, -0.15) is 8.42 Å². The summed E-state index contributed by atoms with van der Waals surface area (Å²) in [7, 11) is -2.04. The summed E-state index contributed by atoms with van der Waals surface area (Å²) in [5, 5.41) is 7.42. The van der Waals surface area contributed by atoms with Gasteiger partial charge in [0.25, 0.3) is 5.97 Å². The highest BCUT2D eigenvalue weighted by atomic mass is 32.2. The molecule has 12 heteroatoms. The third-order valence-corrected chi connectivity index (χ3v) is 6.52. The van der Waals surface area contributed by atoms with E-state index in [0.29, 0.717) is 18.3 Å². The fourth-order valence-electron chi connectivity index (χ4n) is 4.51. The first-order valence-corrected chi connectivity index (χ1v) is 13.8. The first-order chi connectivity index (χ1) is 18.5. The first kappa shape index (κ1) is 27.6. The van der Waals surface area contributed by atoms with Crippen LogP contribution in [0.5, 0.6) is 11.5 Å². The van der Waals surface area contributed by atoms with Gasteiger partial charge in [-0.25, -0.2) is 4.99 Å². The van der Waals surface area contributed by atoms with Gasteiger partial charge in [-0.05, 0) is 47.4 Å². The molecule has 204 valence electrons. The van der Waals surface area contributed by atoms with E-state index in [2.05, 4.69) is 11.1 Å². The molecule has 11 nitrogen and oxygen atoms in total. The van der Waals surface area contributed by atoms with Gasteiger partial charge in [0.15, 0.2) is 11.5 Å². The Bertz CT molecular complexity index is 1530. The van der Waals surface area contributed by atoms with Crippen LogP contribution in [0.3, 0.4) is 0 Å². The van der Waals surface area contributed by atoms with Crippen molar-refractivity contribution in [1.29, 1.82) is 0 Å². The van der Waals surface area contributed by atoms with Gasteiger partial charge in [0.2, 0.25) is 0 Å². The minimum Gasteiger partial charge on any atom is -0.495 e. The lowest BCUT2D eigenvalue weighted by Crippen LogP contribution is -2.46. The number of carboxylic acids is 1. The Morgan fingerprint density at radius 3 is 2.44 bits per heavy atom. The molecule has 3 aromatic rings. The van der Waals surface area contributed by atoms with Crippen molar-refractivity contribution < 1.29 is 27.2 Å². The molecule has 0 spiro atoms. The summed E-state index contributed by atoms with van der Waals surface area (Å²) in [4.78, 5) is 25.0. The molecule has 2 aliphatic heterocycles. The Labute approximate surface area is 226 Å². The Morgan fingerprint density at radius 2 is 1.77 bits per heavy atom. The molecule has 2 aliphatic rings. The number of pyridine rings is 1. The summed E-state index contributed by atoms with van der Waals surface area (Å²) < 4.78 is 33.5. The van der Waals surface area contributed by atoms with Gasteiger partial charge >= 0.3 is 10.1 Å². The summed E-state index contributed by atoms with van der Waals surface area (Å²) in [5.74, 6) is 1.20. The number of rotatable bonds is 6. The van der Waals surface area contributed by atoms with Crippen molar-refractivity contribution in [2.45, 2.75) is 18.9 Å². The van der Waals surface area contributed by atoms with Crippen LogP contribution < -0.4 is 14.7 Å². The number of aromatic nitrogens is 1. The predicted molar refractivity (Wildman–Crippen MR) is 147 cm³/mol. The summed E-state index contributed by atoms with van der Waals surface area (Å²) in [6.45, 7) is 2.48.